The van der Waals surface area contributed by atoms with E-state index in [1.54, 1.807) is 0 Å². The molecule has 0 bridgehead atoms. The van der Waals surface area contributed by atoms with Gasteiger partial charge in [-0.15, -0.1) is 0 Å². The molecular weight excluding hydrogens is 182 g/mol. The van der Waals surface area contributed by atoms with Gasteiger partial charge in [0.2, 0.25) is 0 Å². The molecule has 0 amide bonds. The van der Waals surface area contributed by atoms with Crippen molar-refractivity contribution < 1.29 is 5.11 Å². The van der Waals surface area contributed by atoms with E-state index >= 15 is 0 Å². The molecule has 2 fully saturated rings. The Morgan fingerprint density at radius 1 is 1.00 bits per heavy atom. The Morgan fingerprint density at radius 3 is 2.23 bits per heavy atom. The zero-order valence-corrected chi connectivity index (χ0v) is 8.93. The highest BCUT2D eigenvalue weighted by molar-refractivity contribution is 7.99. The molecule has 0 aliphatic carbocycles. The van der Waals surface area contributed by atoms with E-state index in [2.05, 4.69) is 16.7 Å². The zero-order chi connectivity index (χ0) is 9.10. The number of rotatable bonds is 1. The number of likely N-dealkylation sites (tertiary alicyclic amines) is 1. The van der Waals surface area contributed by atoms with Crippen molar-refractivity contribution in [3.8, 4) is 0 Å². The topological polar surface area (TPSA) is 23.5 Å². The lowest BCUT2D eigenvalue weighted by Crippen LogP contribution is -2.44. The number of nitrogens with zero attached hydrogens (tertiary/aromatic N) is 1. The standard InChI is InChI=1S/C10H19NOS/c12-10-1-5-11(6-2-10)9-3-7-13-8-4-9/h9-10,12H,1-8H2. The van der Waals surface area contributed by atoms with Crippen molar-refractivity contribution in [2.24, 2.45) is 0 Å². The monoisotopic (exact) mass is 201 g/mol. The predicted octanol–water partition coefficient (Wildman–Crippen LogP) is 1.34. The molecule has 0 spiro atoms. The molecule has 0 radical (unpaired) electrons. The number of aliphatic hydroxyl groups excluding tert-OH is 1. The molecule has 2 heterocycles. The molecule has 2 aliphatic heterocycles. The van der Waals surface area contributed by atoms with Crippen LogP contribution < -0.4 is 0 Å². The van der Waals surface area contributed by atoms with Gasteiger partial charge in [-0.3, -0.25) is 0 Å². The first-order chi connectivity index (χ1) is 6.36. The number of aliphatic hydroxyl groups is 1. The Bertz CT molecular complexity index is 151. The second kappa shape index (κ2) is 4.67. The summed E-state index contributed by atoms with van der Waals surface area (Å²) in [6.07, 6.45) is 4.68. The molecular formula is C10H19NOS. The van der Waals surface area contributed by atoms with E-state index in [4.69, 9.17) is 0 Å². The first-order valence-corrected chi connectivity index (χ1v) is 6.51. The van der Waals surface area contributed by atoms with Crippen molar-refractivity contribution in [3.05, 3.63) is 0 Å². The number of thioether (sulfide) groups is 1. The molecule has 0 unspecified atom stereocenters. The van der Waals surface area contributed by atoms with Gasteiger partial charge in [-0.1, -0.05) is 0 Å². The van der Waals surface area contributed by atoms with Crippen LogP contribution in [0.15, 0.2) is 0 Å². The average molecular weight is 201 g/mol. The van der Waals surface area contributed by atoms with Gasteiger partial charge in [0.25, 0.3) is 0 Å². The van der Waals surface area contributed by atoms with E-state index < -0.39 is 0 Å². The summed E-state index contributed by atoms with van der Waals surface area (Å²) >= 11 is 2.09. The van der Waals surface area contributed by atoms with Gasteiger partial charge in [0.1, 0.15) is 0 Å². The average Bonchev–Trinajstić information content (AvgIpc) is 2.20. The second-order valence-corrected chi connectivity index (χ2v) is 5.34. The zero-order valence-electron chi connectivity index (χ0n) is 8.11. The van der Waals surface area contributed by atoms with E-state index in [0.29, 0.717) is 0 Å². The SMILES string of the molecule is OC1CCN(C2CCSCC2)CC1. The first kappa shape index (κ1) is 9.81. The summed E-state index contributed by atoms with van der Waals surface area (Å²) in [5.74, 6) is 2.67. The van der Waals surface area contributed by atoms with Gasteiger partial charge >= 0.3 is 0 Å². The minimum Gasteiger partial charge on any atom is -0.393 e. The molecule has 0 aromatic rings. The van der Waals surface area contributed by atoms with Gasteiger partial charge in [0.15, 0.2) is 0 Å². The molecule has 2 nitrogen and oxygen atoms in total. The highest BCUT2D eigenvalue weighted by Gasteiger charge is 2.25. The van der Waals surface area contributed by atoms with Gasteiger partial charge in [0, 0.05) is 19.1 Å². The Kier molecular flexibility index (Phi) is 3.52. The van der Waals surface area contributed by atoms with Crippen LogP contribution in [0.5, 0.6) is 0 Å². The second-order valence-electron chi connectivity index (χ2n) is 4.11. The molecule has 0 atom stereocenters. The fourth-order valence-corrected chi connectivity index (χ4v) is 3.38. The summed E-state index contributed by atoms with van der Waals surface area (Å²) < 4.78 is 0. The molecule has 2 saturated heterocycles. The lowest BCUT2D eigenvalue weighted by molar-refractivity contribution is 0.0585. The summed E-state index contributed by atoms with van der Waals surface area (Å²) in [6, 6.07) is 0.828. The van der Waals surface area contributed by atoms with Crippen LogP contribution in [0.2, 0.25) is 0 Å². The normalized spacial score (nSPS) is 29.3. The van der Waals surface area contributed by atoms with Crippen LogP contribution in [0.25, 0.3) is 0 Å². The summed E-state index contributed by atoms with van der Waals surface area (Å²) in [5, 5.41) is 9.39. The van der Waals surface area contributed by atoms with Gasteiger partial charge < -0.3 is 10.0 Å². The Morgan fingerprint density at radius 2 is 1.62 bits per heavy atom. The molecule has 76 valence electrons. The quantitative estimate of drug-likeness (QED) is 0.692. The summed E-state index contributed by atoms with van der Waals surface area (Å²) in [7, 11) is 0. The van der Waals surface area contributed by atoms with Crippen molar-refractivity contribution in [2.45, 2.75) is 37.8 Å². The molecule has 2 aliphatic rings. The van der Waals surface area contributed by atoms with Crippen LogP contribution in [-0.4, -0.2) is 46.7 Å². The number of hydrogen-bond acceptors (Lipinski definition) is 3. The Hall–Kier alpha value is 0.270. The summed E-state index contributed by atoms with van der Waals surface area (Å²) in [5.41, 5.74) is 0. The molecule has 0 aromatic heterocycles. The summed E-state index contributed by atoms with van der Waals surface area (Å²) in [6.45, 7) is 2.24. The van der Waals surface area contributed by atoms with Crippen LogP contribution in [0.4, 0.5) is 0 Å². The van der Waals surface area contributed by atoms with Gasteiger partial charge in [-0.25, -0.2) is 0 Å². The van der Waals surface area contributed by atoms with E-state index in [1.807, 2.05) is 0 Å². The van der Waals surface area contributed by atoms with Gasteiger partial charge in [-0.2, -0.15) is 11.8 Å². The third kappa shape index (κ3) is 2.61. The summed E-state index contributed by atoms with van der Waals surface area (Å²) in [4.78, 5) is 2.59. The van der Waals surface area contributed by atoms with Gasteiger partial charge in [-0.05, 0) is 37.2 Å². The van der Waals surface area contributed by atoms with Crippen LogP contribution in [0.1, 0.15) is 25.7 Å². The molecule has 1 N–H and O–H groups in total. The maximum absolute atomic E-state index is 9.39. The maximum Gasteiger partial charge on any atom is 0.0564 e. The van der Waals surface area contributed by atoms with Crippen molar-refractivity contribution in [1.82, 2.24) is 4.90 Å². The van der Waals surface area contributed by atoms with Crippen molar-refractivity contribution in [1.29, 1.82) is 0 Å². The van der Waals surface area contributed by atoms with Gasteiger partial charge in [0.05, 0.1) is 6.10 Å². The highest BCUT2D eigenvalue weighted by atomic mass is 32.2. The molecule has 0 saturated carbocycles. The predicted molar refractivity (Wildman–Crippen MR) is 57.2 cm³/mol. The largest absolute Gasteiger partial charge is 0.393 e. The Balaban J connectivity index is 1.79. The molecule has 3 heteroatoms. The highest BCUT2D eigenvalue weighted by Crippen LogP contribution is 2.24. The minimum atomic E-state index is -0.0192. The molecule has 0 aromatic carbocycles. The first-order valence-electron chi connectivity index (χ1n) is 5.36. The third-order valence-corrected chi connectivity index (χ3v) is 4.26. The van der Waals surface area contributed by atoms with Crippen LogP contribution in [0.3, 0.4) is 0 Å². The molecule has 13 heavy (non-hydrogen) atoms. The van der Waals surface area contributed by atoms with Crippen molar-refractivity contribution in [2.75, 3.05) is 24.6 Å². The molecule has 2 rings (SSSR count). The smallest absolute Gasteiger partial charge is 0.0564 e. The fraction of sp³-hybridized carbons (Fsp3) is 1.00. The lowest BCUT2D eigenvalue weighted by atomic mass is 10.0. The maximum atomic E-state index is 9.39. The van der Waals surface area contributed by atoms with E-state index in [9.17, 15) is 5.11 Å². The van der Waals surface area contributed by atoms with Crippen molar-refractivity contribution in [3.63, 3.8) is 0 Å². The van der Waals surface area contributed by atoms with Crippen LogP contribution >= 0.6 is 11.8 Å². The third-order valence-electron chi connectivity index (χ3n) is 3.21. The van der Waals surface area contributed by atoms with E-state index in [0.717, 1.165) is 32.0 Å². The number of hydrogen-bond donors (Lipinski definition) is 1. The lowest BCUT2D eigenvalue weighted by Gasteiger charge is -2.37. The number of piperidine rings is 1. The van der Waals surface area contributed by atoms with Crippen LogP contribution in [-0.2, 0) is 0 Å². The van der Waals surface area contributed by atoms with Crippen LogP contribution in [0, 0.1) is 0 Å². The van der Waals surface area contributed by atoms with E-state index in [-0.39, 0.29) is 6.10 Å². The van der Waals surface area contributed by atoms with E-state index in [1.165, 1.54) is 24.3 Å². The Labute approximate surface area is 84.7 Å². The minimum absolute atomic E-state index is 0.0192. The van der Waals surface area contributed by atoms with Crippen molar-refractivity contribution >= 4 is 11.8 Å². The fourth-order valence-electron chi connectivity index (χ4n) is 2.30.